The van der Waals surface area contributed by atoms with E-state index in [9.17, 15) is 33.4 Å². The number of halogens is 2. The van der Waals surface area contributed by atoms with Gasteiger partial charge in [-0.1, -0.05) is 17.7 Å². The van der Waals surface area contributed by atoms with Crippen molar-refractivity contribution in [2.45, 2.75) is 26.4 Å². The average molecular weight is 454 g/mol. The van der Waals surface area contributed by atoms with E-state index in [2.05, 4.69) is 0 Å². The van der Waals surface area contributed by atoms with E-state index in [1.165, 1.54) is 12.1 Å². The summed E-state index contributed by atoms with van der Waals surface area (Å²) in [6.45, 7) is 3.59. The summed E-state index contributed by atoms with van der Waals surface area (Å²) < 4.78 is 31.8. The molecule has 0 spiro atoms. The second kappa shape index (κ2) is 9.60. The Labute approximate surface area is 188 Å². The monoisotopic (exact) mass is 454 g/mol. The Kier molecular flexibility index (Phi) is 6.86. The van der Waals surface area contributed by atoms with Crippen LogP contribution in [0.25, 0.3) is 6.08 Å². The fourth-order valence-electron chi connectivity index (χ4n) is 3.26. The molecule has 0 amide bonds. The molecule has 0 saturated carbocycles. The van der Waals surface area contributed by atoms with Crippen molar-refractivity contribution in [3.05, 3.63) is 88.0 Å². The van der Waals surface area contributed by atoms with Crippen LogP contribution in [0.15, 0.2) is 59.7 Å². The van der Waals surface area contributed by atoms with E-state index in [0.29, 0.717) is 0 Å². The molecule has 8 heteroatoms. The third-order valence-electron chi connectivity index (χ3n) is 4.88. The van der Waals surface area contributed by atoms with E-state index in [4.69, 9.17) is 4.74 Å². The molecule has 33 heavy (non-hydrogen) atoms. The molecular formula is C25H20F2O6. The molecule has 1 atom stereocenters. The topological polar surface area (TPSA) is 101 Å². The highest BCUT2D eigenvalue weighted by Gasteiger charge is 2.35. The molecule has 0 fully saturated rings. The van der Waals surface area contributed by atoms with Crippen molar-refractivity contribution in [1.82, 2.24) is 0 Å². The molecule has 0 aliphatic heterocycles. The van der Waals surface area contributed by atoms with Crippen LogP contribution in [0.4, 0.5) is 8.78 Å². The van der Waals surface area contributed by atoms with E-state index in [-0.39, 0.29) is 28.7 Å². The van der Waals surface area contributed by atoms with Crippen LogP contribution >= 0.6 is 0 Å². The lowest BCUT2D eigenvalue weighted by molar-refractivity contribution is -0.140. The highest BCUT2D eigenvalue weighted by molar-refractivity contribution is 6.27. The number of aromatic hydroxyl groups is 2. The maximum Gasteiger partial charge on any atom is 0.331 e. The van der Waals surface area contributed by atoms with Crippen molar-refractivity contribution in [2.75, 3.05) is 0 Å². The maximum absolute atomic E-state index is 13.3. The van der Waals surface area contributed by atoms with Gasteiger partial charge in [-0.25, -0.2) is 13.6 Å². The first kappa shape index (κ1) is 23.6. The zero-order chi connectivity index (χ0) is 24.3. The van der Waals surface area contributed by atoms with E-state index < -0.39 is 46.8 Å². The normalized spacial score (nSPS) is 14.0. The third-order valence-corrected chi connectivity index (χ3v) is 4.88. The molecule has 2 N–H and O–H groups in total. The third kappa shape index (κ3) is 5.23. The van der Waals surface area contributed by atoms with Gasteiger partial charge in [0.15, 0.2) is 23.2 Å². The quantitative estimate of drug-likeness (QED) is 0.285. The van der Waals surface area contributed by atoms with Crippen LogP contribution in [0.2, 0.25) is 0 Å². The fraction of sp³-hybridized carbons (Fsp3) is 0.160. The van der Waals surface area contributed by atoms with Crippen molar-refractivity contribution in [2.24, 2.45) is 0 Å². The number of esters is 1. The van der Waals surface area contributed by atoms with Crippen molar-refractivity contribution >= 4 is 23.6 Å². The van der Waals surface area contributed by atoms with Crippen LogP contribution in [-0.4, -0.2) is 33.9 Å². The first-order chi connectivity index (χ1) is 15.6. The average Bonchev–Trinajstić information content (AvgIpc) is 2.76. The number of allylic oxidation sites excluding steroid dienone is 2. The summed E-state index contributed by atoms with van der Waals surface area (Å²) in [6.07, 6.45) is 3.76. The minimum absolute atomic E-state index is 0.0624. The molecule has 1 aliphatic rings. The van der Waals surface area contributed by atoms with Crippen molar-refractivity contribution in [3.8, 4) is 11.5 Å². The van der Waals surface area contributed by atoms with Gasteiger partial charge in [-0.3, -0.25) is 9.59 Å². The molecule has 2 aromatic carbocycles. The van der Waals surface area contributed by atoms with Crippen molar-refractivity contribution in [1.29, 1.82) is 0 Å². The Balaban J connectivity index is 1.90. The number of rotatable bonds is 6. The second-order valence-corrected chi connectivity index (χ2v) is 7.60. The minimum atomic E-state index is -1.17. The number of phenolic OH excluding ortho intramolecular Hbond substituents is 2. The summed E-state index contributed by atoms with van der Waals surface area (Å²) in [5.41, 5.74) is 0.219. The van der Waals surface area contributed by atoms with Gasteiger partial charge in [0.2, 0.25) is 0 Å². The van der Waals surface area contributed by atoms with Gasteiger partial charge in [0.1, 0.15) is 17.6 Å². The SMILES string of the molecule is CC(C)=CC[C@@H](OC(=O)/C=C/c1ccc(F)c(F)c1)C1=CC(=O)c2c(O)ccc(O)c2C1=O. The molecule has 0 saturated heterocycles. The lowest BCUT2D eigenvalue weighted by atomic mass is 9.85. The molecule has 0 heterocycles. The number of benzene rings is 2. The van der Waals surface area contributed by atoms with E-state index in [0.717, 1.165) is 42.0 Å². The van der Waals surface area contributed by atoms with Crippen LogP contribution in [-0.2, 0) is 9.53 Å². The van der Waals surface area contributed by atoms with Crippen LogP contribution in [0, 0.1) is 11.6 Å². The van der Waals surface area contributed by atoms with Gasteiger partial charge in [-0.2, -0.15) is 0 Å². The molecule has 0 radical (unpaired) electrons. The van der Waals surface area contributed by atoms with E-state index >= 15 is 0 Å². The standard InChI is InChI=1S/C25H20F2O6/c1-13(2)3-9-21(33-22(31)10-5-14-4-6-16(26)17(27)11-14)15-12-20(30)23-18(28)7-8-19(29)24(23)25(15)32/h3-8,10-12,21,28-29H,9H2,1-2H3/b10-5+/t21-/m1/s1. The number of Topliss-reactive ketones (excluding diaryl/α,β-unsaturated/α-hetero) is 1. The highest BCUT2D eigenvalue weighted by atomic mass is 19.2. The molecular weight excluding hydrogens is 434 g/mol. The molecule has 0 unspecified atom stereocenters. The number of hydrogen-bond acceptors (Lipinski definition) is 6. The Morgan fingerprint density at radius 1 is 1.03 bits per heavy atom. The van der Waals surface area contributed by atoms with Gasteiger partial charge in [-0.05, 0) is 55.8 Å². The Morgan fingerprint density at radius 2 is 1.70 bits per heavy atom. The number of hydrogen-bond donors (Lipinski definition) is 2. The summed E-state index contributed by atoms with van der Waals surface area (Å²) in [5, 5.41) is 20.1. The summed E-state index contributed by atoms with van der Waals surface area (Å²) in [5.74, 6) is -5.42. The Bertz CT molecular complexity index is 1240. The Morgan fingerprint density at radius 3 is 2.33 bits per heavy atom. The van der Waals surface area contributed by atoms with E-state index in [1.54, 1.807) is 19.9 Å². The van der Waals surface area contributed by atoms with Crippen LogP contribution in [0.5, 0.6) is 11.5 Å². The fourth-order valence-corrected chi connectivity index (χ4v) is 3.26. The van der Waals surface area contributed by atoms with Crippen molar-refractivity contribution < 1.29 is 38.1 Å². The summed E-state index contributed by atoms with van der Waals surface area (Å²) >= 11 is 0. The Hall–Kier alpha value is -4.07. The molecule has 170 valence electrons. The molecule has 1 aliphatic carbocycles. The molecule has 2 aromatic rings. The van der Waals surface area contributed by atoms with Crippen molar-refractivity contribution in [3.63, 3.8) is 0 Å². The van der Waals surface area contributed by atoms with Crippen LogP contribution in [0.1, 0.15) is 46.5 Å². The number of carbonyl (C=O) groups excluding carboxylic acids is 3. The summed E-state index contributed by atoms with van der Waals surface area (Å²) in [7, 11) is 0. The lowest BCUT2D eigenvalue weighted by Crippen LogP contribution is -2.28. The number of ketones is 2. The molecule has 3 rings (SSSR count). The minimum Gasteiger partial charge on any atom is -0.507 e. The van der Waals surface area contributed by atoms with Gasteiger partial charge >= 0.3 is 5.97 Å². The molecule has 0 aromatic heterocycles. The largest absolute Gasteiger partial charge is 0.507 e. The zero-order valence-corrected chi connectivity index (χ0v) is 17.8. The van der Waals surface area contributed by atoms with Gasteiger partial charge in [0.25, 0.3) is 0 Å². The second-order valence-electron chi connectivity index (χ2n) is 7.60. The number of fused-ring (bicyclic) bond motifs is 1. The number of phenols is 2. The maximum atomic E-state index is 13.3. The lowest BCUT2D eigenvalue weighted by Gasteiger charge is -2.23. The first-order valence-corrected chi connectivity index (χ1v) is 9.91. The van der Waals surface area contributed by atoms with Crippen LogP contribution < -0.4 is 0 Å². The predicted molar refractivity (Wildman–Crippen MR) is 116 cm³/mol. The molecule has 0 bridgehead atoms. The van der Waals surface area contributed by atoms with Gasteiger partial charge in [-0.15, -0.1) is 0 Å². The zero-order valence-electron chi connectivity index (χ0n) is 17.8. The predicted octanol–water partition coefficient (Wildman–Crippen LogP) is 4.66. The van der Waals surface area contributed by atoms with Gasteiger partial charge < -0.3 is 14.9 Å². The molecule has 6 nitrogen and oxygen atoms in total. The van der Waals surface area contributed by atoms with Crippen LogP contribution in [0.3, 0.4) is 0 Å². The van der Waals surface area contributed by atoms with Gasteiger partial charge in [0.05, 0.1) is 11.1 Å². The van der Waals surface area contributed by atoms with E-state index in [1.807, 2.05) is 0 Å². The van der Waals surface area contributed by atoms with Gasteiger partial charge in [0, 0.05) is 18.1 Å². The smallest absolute Gasteiger partial charge is 0.331 e. The first-order valence-electron chi connectivity index (χ1n) is 9.91. The summed E-state index contributed by atoms with van der Waals surface area (Å²) in [6, 6.07) is 5.26. The summed E-state index contributed by atoms with van der Waals surface area (Å²) in [4.78, 5) is 38.0. The number of ether oxygens (including phenoxy) is 1. The number of carbonyl (C=O) groups is 3. The highest BCUT2D eigenvalue weighted by Crippen LogP contribution is 2.36.